The number of guanidine groups is 1. The molecule has 0 radical (unpaired) electrons. The number of amides is 1. The molecule has 0 saturated heterocycles. The number of aromatic nitrogens is 2. The van der Waals surface area contributed by atoms with Gasteiger partial charge >= 0.3 is 0 Å². The van der Waals surface area contributed by atoms with E-state index in [1.54, 1.807) is 31.4 Å². The van der Waals surface area contributed by atoms with Crippen LogP contribution < -0.4 is 15.4 Å². The SMILES string of the molecule is COc1ccc(C)cc1NC(=NCc1c(C)nn(C)c1C)NC(=O)c1cccc(Cl)c1. The maximum Gasteiger partial charge on any atom is 0.258 e. The zero-order valence-corrected chi connectivity index (χ0v) is 19.0. The van der Waals surface area contributed by atoms with Gasteiger partial charge in [0.25, 0.3) is 5.91 Å². The number of aliphatic imine (C=N–C) groups is 1. The van der Waals surface area contributed by atoms with Crippen molar-refractivity contribution in [2.24, 2.45) is 12.0 Å². The molecule has 0 spiro atoms. The number of halogens is 1. The van der Waals surface area contributed by atoms with Crippen molar-refractivity contribution in [1.82, 2.24) is 15.1 Å². The van der Waals surface area contributed by atoms with Crippen LogP contribution in [0.4, 0.5) is 5.69 Å². The van der Waals surface area contributed by atoms with E-state index in [2.05, 4.69) is 20.7 Å². The summed E-state index contributed by atoms with van der Waals surface area (Å²) in [4.78, 5) is 17.5. The first kappa shape index (κ1) is 22.4. The predicted octanol–water partition coefficient (Wildman–Crippen LogP) is 4.41. The summed E-state index contributed by atoms with van der Waals surface area (Å²) in [5, 5.41) is 11.0. The molecule has 1 heterocycles. The minimum absolute atomic E-state index is 0.302. The summed E-state index contributed by atoms with van der Waals surface area (Å²) in [6, 6.07) is 12.5. The normalized spacial score (nSPS) is 11.4. The van der Waals surface area contributed by atoms with Gasteiger partial charge in [-0.2, -0.15) is 5.10 Å². The van der Waals surface area contributed by atoms with Gasteiger partial charge in [-0.1, -0.05) is 23.7 Å². The Balaban J connectivity index is 1.93. The largest absolute Gasteiger partial charge is 0.495 e. The van der Waals surface area contributed by atoms with Crippen LogP contribution >= 0.6 is 11.6 Å². The van der Waals surface area contributed by atoms with E-state index in [9.17, 15) is 4.79 Å². The van der Waals surface area contributed by atoms with Gasteiger partial charge < -0.3 is 10.1 Å². The molecule has 0 saturated carbocycles. The fourth-order valence-corrected chi connectivity index (χ4v) is 3.36. The molecule has 3 rings (SSSR count). The Kier molecular flexibility index (Phi) is 6.97. The van der Waals surface area contributed by atoms with E-state index in [-0.39, 0.29) is 5.91 Å². The second-order valence-electron chi connectivity index (χ2n) is 7.23. The molecule has 162 valence electrons. The third-order valence-corrected chi connectivity index (χ3v) is 5.22. The zero-order valence-electron chi connectivity index (χ0n) is 18.3. The fraction of sp³-hybridized carbons (Fsp3) is 0.261. The van der Waals surface area contributed by atoms with Crippen LogP contribution in [-0.2, 0) is 13.6 Å². The summed E-state index contributed by atoms with van der Waals surface area (Å²) < 4.78 is 7.27. The lowest BCUT2D eigenvalue weighted by molar-refractivity contribution is 0.0977. The molecular weight excluding hydrogens is 414 g/mol. The van der Waals surface area contributed by atoms with Gasteiger partial charge in [-0.05, 0) is 56.7 Å². The molecule has 0 aliphatic heterocycles. The van der Waals surface area contributed by atoms with Crippen LogP contribution in [0.1, 0.15) is 32.9 Å². The van der Waals surface area contributed by atoms with Gasteiger partial charge in [-0.15, -0.1) is 0 Å². The first-order chi connectivity index (χ1) is 14.8. The molecule has 0 unspecified atom stereocenters. The van der Waals surface area contributed by atoms with Crippen molar-refractivity contribution in [1.29, 1.82) is 0 Å². The average molecular weight is 440 g/mol. The Labute approximate surface area is 187 Å². The average Bonchev–Trinajstić information content (AvgIpc) is 2.97. The zero-order chi connectivity index (χ0) is 22.5. The first-order valence-corrected chi connectivity index (χ1v) is 10.2. The van der Waals surface area contributed by atoms with Crippen molar-refractivity contribution in [3.05, 3.63) is 75.6 Å². The van der Waals surface area contributed by atoms with Crippen molar-refractivity contribution in [3.63, 3.8) is 0 Å². The highest BCUT2D eigenvalue weighted by molar-refractivity contribution is 6.31. The second kappa shape index (κ2) is 9.66. The predicted molar refractivity (Wildman–Crippen MR) is 124 cm³/mol. The van der Waals surface area contributed by atoms with E-state index >= 15 is 0 Å². The minimum Gasteiger partial charge on any atom is -0.495 e. The molecule has 0 aliphatic rings. The number of ether oxygens (including phenoxy) is 1. The van der Waals surface area contributed by atoms with Gasteiger partial charge in [0.1, 0.15) is 5.75 Å². The maximum atomic E-state index is 12.8. The first-order valence-electron chi connectivity index (χ1n) is 9.80. The number of hydrogen-bond acceptors (Lipinski definition) is 4. The summed E-state index contributed by atoms with van der Waals surface area (Å²) in [7, 11) is 3.49. The molecule has 7 nitrogen and oxygen atoms in total. The molecule has 3 aromatic rings. The van der Waals surface area contributed by atoms with Crippen LogP contribution in [-0.4, -0.2) is 28.8 Å². The molecular formula is C23H26ClN5O2. The lowest BCUT2D eigenvalue weighted by Crippen LogP contribution is -2.36. The van der Waals surface area contributed by atoms with Crippen LogP contribution in [0.3, 0.4) is 0 Å². The van der Waals surface area contributed by atoms with Crippen LogP contribution in [0.2, 0.25) is 5.02 Å². The smallest absolute Gasteiger partial charge is 0.258 e. The van der Waals surface area contributed by atoms with E-state index in [0.29, 0.717) is 34.5 Å². The van der Waals surface area contributed by atoms with Crippen LogP contribution in [0.15, 0.2) is 47.5 Å². The van der Waals surface area contributed by atoms with Crippen molar-refractivity contribution in [2.75, 3.05) is 12.4 Å². The second-order valence-corrected chi connectivity index (χ2v) is 7.67. The number of anilines is 1. The minimum atomic E-state index is -0.319. The van der Waals surface area contributed by atoms with Crippen molar-refractivity contribution < 1.29 is 9.53 Å². The molecule has 1 amide bonds. The van der Waals surface area contributed by atoms with Crippen LogP contribution in [0.5, 0.6) is 5.75 Å². The van der Waals surface area contributed by atoms with Gasteiger partial charge in [0, 0.05) is 28.9 Å². The Morgan fingerprint density at radius 2 is 1.97 bits per heavy atom. The molecule has 2 N–H and O–H groups in total. The third kappa shape index (κ3) is 5.44. The van der Waals surface area contributed by atoms with Gasteiger partial charge in [0.15, 0.2) is 0 Å². The molecule has 0 bridgehead atoms. The highest BCUT2D eigenvalue weighted by Gasteiger charge is 2.14. The van der Waals surface area contributed by atoms with Gasteiger partial charge in [0.05, 0.1) is 25.0 Å². The Bertz CT molecular complexity index is 1140. The summed E-state index contributed by atoms with van der Waals surface area (Å²) in [5.41, 5.74) is 5.12. The number of rotatable bonds is 5. The van der Waals surface area contributed by atoms with E-state index in [1.165, 1.54) is 0 Å². The van der Waals surface area contributed by atoms with Crippen LogP contribution in [0.25, 0.3) is 0 Å². The lowest BCUT2D eigenvalue weighted by Gasteiger charge is -2.15. The molecule has 2 aromatic carbocycles. The monoisotopic (exact) mass is 439 g/mol. The Hall–Kier alpha value is -3.32. The number of carbonyl (C=O) groups excluding carboxylic acids is 1. The van der Waals surface area contributed by atoms with E-state index < -0.39 is 0 Å². The van der Waals surface area contributed by atoms with E-state index in [1.807, 2.05) is 50.7 Å². The number of aryl methyl sites for hydroxylation is 3. The number of hydrogen-bond donors (Lipinski definition) is 2. The molecule has 0 aliphatic carbocycles. The van der Waals surface area contributed by atoms with Crippen molar-refractivity contribution in [2.45, 2.75) is 27.3 Å². The van der Waals surface area contributed by atoms with Crippen molar-refractivity contribution >= 4 is 29.2 Å². The maximum absolute atomic E-state index is 12.8. The number of carbonyl (C=O) groups is 1. The standard InChI is InChI=1S/C23H26ClN5O2/c1-14-9-10-21(31-5)20(11-14)26-23(25-13-19-15(2)28-29(4)16(19)3)27-22(30)17-7-6-8-18(24)12-17/h6-12H,13H2,1-5H3,(H2,25,26,27,30). The quantitative estimate of drug-likeness (QED) is 0.456. The summed E-state index contributed by atoms with van der Waals surface area (Å²) in [5.74, 6) is 0.626. The van der Waals surface area contributed by atoms with E-state index in [4.69, 9.17) is 16.3 Å². The van der Waals surface area contributed by atoms with Crippen LogP contribution in [0, 0.1) is 20.8 Å². The topological polar surface area (TPSA) is 80.5 Å². The molecule has 0 fully saturated rings. The highest BCUT2D eigenvalue weighted by atomic mass is 35.5. The van der Waals surface area contributed by atoms with Crippen molar-refractivity contribution in [3.8, 4) is 5.75 Å². The Morgan fingerprint density at radius 3 is 2.61 bits per heavy atom. The third-order valence-electron chi connectivity index (χ3n) is 4.98. The number of nitrogens with zero attached hydrogens (tertiary/aromatic N) is 3. The van der Waals surface area contributed by atoms with Gasteiger partial charge in [0.2, 0.25) is 5.96 Å². The van der Waals surface area contributed by atoms with Gasteiger partial charge in [-0.3, -0.25) is 14.8 Å². The molecule has 1 aromatic heterocycles. The number of methoxy groups -OCH3 is 1. The van der Waals surface area contributed by atoms with E-state index in [0.717, 1.165) is 22.5 Å². The molecule has 31 heavy (non-hydrogen) atoms. The lowest BCUT2D eigenvalue weighted by atomic mass is 10.2. The molecule has 8 heteroatoms. The highest BCUT2D eigenvalue weighted by Crippen LogP contribution is 2.25. The molecule has 0 atom stereocenters. The number of benzene rings is 2. The number of nitrogens with one attached hydrogen (secondary N) is 2. The fourth-order valence-electron chi connectivity index (χ4n) is 3.17. The summed E-state index contributed by atoms with van der Waals surface area (Å²) >= 11 is 6.04. The van der Waals surface area contributed by atoms with Gasteiger partial charge in [-0.25, -0.2) is 4.99 Å². The summed E-state index contributed by atoms with van der Waals surface area (Å²) in [6.07, 6.45) is 0. The Morgan fingerprint density at radius 1 is 1.19 bits per heavy atom. The summed E-state index contributed by atoms with van der Waals surface area (Å²) in [6.45, 7) is 6.28.